The minimum atomic E-state index is -0.278. The average molecular weight is 379 g/mol. The fraction of sp³-hybridized carbons (Fsp3) is 0.0667. The number of nitrogens with zero attached hydrogens (tertiary/aromatic N) is 2. The number of benzene rings is 1. The maximum Gasteiger partial charge on any atom is 0.257 e. The molecule has 0 atom stereocenters. The predicted octanol–water partition coefficient (Wildman–Crippen LogP) is 3.69. The fourth-order valence-corrected chi connectivity index (χ4v) is 3.21. The van der Waals surface area contributed by atoms with E-state index in [0.29, 0.717) is 26.5 Å². The number of hydrogen-bond acceptors (Lipinski definition) is 6. The lowest BCUT2D eigenvalue weighted by atomic mass is 10.2. The SMILES string of the molecule is O=C(Cc1csc(NC(=O)c2ccc(Cl)cc2)n1)Nc1nccs1. The number of carbonyl (C=O) groups is 2. The van der Waals surface area contributed by atoms with E-state index in [1.165, 1.54) is 22.7 Å². The van der Waals surface area contributed by atoms with E-state index < -0.39 is 0 Å². The average Bonchev–Trinajstić information content (AvgIpc) is 3.20. The molecule has 122 valence electrons. The van der Waals surface area contributed by atoms with Crippen LogP contribution in [0.1, 0.15) is 16.1 Å². The van der Waals surface area contributed by atoms with Crippen LogP contribution in [0.15, 0.2) is 41.2 Å². The highest BCUT2D eigenvalue weighted by Crippen LogP contribution is 2.18. The molecule has 0 bridgehead atoms. The first-order chi connectivity index (χ1) is 11.6. The van der Waals surface area contributed by atoms with E-state index in [1.807, 2.05) is 0 Å². The van der Waals surface area contributed by atoms with Gasteiger partial charge in [-0.3, -0.25) is 14.9 Å². The molecule has 6 nitrogen and oxygen atoms in total. The molecule has 3 aromatic rings. The lowest BCUT2D eigenvalue weighted by molar-refractivity contribution is -0.115. The Morgan fingerprint density at radius 3 is 2.58 bits per heavy atom. The van der Waals surface area contributed by atoms with Gasteiger partial charge in [0.1, 0.15) is 0 Å². The van der Waals surface area contributed by atoms with Crippen molar-refractivity contribution in [1.29, 1.82) is 0 Å². The summed E-state index contributed by atoms with van der Waals surface area (Å²) in [6.07, 6.45) is 1.74. The standard InChI is InChI=1S/C15H11ClN4O2S2/c16-10-3-1-9(2-4-10)13(22)20-15-18-11(8-24-15)7-12(21)19-14-17-5-6-23-14/h1-6,8H,7H2,(H,17,19,21)(H,18,20,22). The van der Waals surface area contributed by atoms with Gasteiger partial charge in [-0.25, -0.2) is 9.97 Å². The van der Waals surface area contributed by atoms with E-state index >= 15 is 0 Å². The Hall–Kier alpha value is -2.29. The Morgan fingerprint density at radius 1 is 1.08 bits per heavy atom. The summed E-state index contributed by atoms with van der Waals surface area (Å²) >= 11 is 8.41. The van der Waals surface area contributed by atoms with Crippen LogP contribution in [-0.4, -0.2) is 21.8 Å². The Labute approximate surface area is 150 Å². The lowest BCUT2D eigenvalue weighted by Crippen LogP contribution is -2.15. The monoisotopic (exact) mass is 378 g/mol. The van der Waals surface area contributed by atoms with Gasteiger partial charge in [0.15, 0.2) is 10.3 Å². The third-order valence-electron chi connectivity index (χ3n) is 2.90. The molecule has 0 saturated heterocycles. The van der Waals surface area contributed by atoms with Gasteiger partial charge < -0.3 is 5.32 Å². The Kier molecular flexibility index (Phi) is 5.19. The van der Waals surface area contributed by atoms with Crippen LogP contribution in [0.4, 0.5) is 10.3 Å². The number of thiazole rings is 2. The van der Waals surface area contributed by atoms with Crippen molar-refractivity contribution in [3.05, 3.63) is 57.5 Å². The smallest absolute Gasteiger partial charge is 0.257 e. The van der Waals surface area contributed by atoms with Crippen LogP contribution in [0.3, 0.4) is 0 Å². The number of nitrogens with one attached hydrogen (secondary N) is 2. The highest BCUT2D eigenvalue weighted by atomic mass is 35.5. The number of carbonyl (C=O) groups excluding carboxylic acids is 2. The van der Waals surface area contributed by atoms with Gasteiger partial charge in [0.05, 0.1) is 12.1 Å². The van der Waals surface area contributed by atoms with Gasteiger partial charge in [-0.2, -0.15) is 0 Å². The molecule has 0 saturated carbocycles. The molecule has 0 aliphatic heterocycles. The summed E-state index contributed by atoms with van der Waals surface area (Å²) in [5, 5.41) is 10.4. The maximum atomic E-state index is 12.1. The zero-order valence-electron chi connectivity index (χ0n) is 12.2. The van der Waals surface area contributed by atoms with Gasteiger partial charge in [0.2, 0.25) is 5.91 Å². The number of rotatable bonds is 5. The van der Waals surface area contributed by atoms with Crippen LogP contribution in [0.5, 0.6) is 0 Å². The summed E-state index contributed by atoms with van der Waals surface area (Å²) in [6, 6.07) is 6.56. The van der Waals surface area contributed by atoms with E-state index in [4.69, 9.17) is 11.6 Å². The van der Waals surface area contributed by atoms with Gasteiger partial charge in [0, 0.05) is 27.5 Å². The minimum Gasteiger partial charge on any atom is -0.302 e. The lowest BCUT2D eigenvalue weighted by Gasteiger charge is -2.01. The molecule has 2 heterocycles. The van der Waals surface area contributed by atoms with Gasteiger partial charge in [0.25, 0.3) is 5.91 Å². The molecular formula is C15H11ClN4O2S2. The third kappa shape index (κ3) is 4.38. The molecule has 0 unspecified atom stereocenters. The second kappa shape index (κ2) is 7.52. The fourth-order valence-electron chi connectivity index (χ4n) is 1.83. The van der Waals surface area contributed by atoms with Crippen molar-refractivity contribution >= 4 is 56.4 Å². The van der Waals surface area contributed by atoms with E-state index in [-0.39, 0.29) is 18.2 Å². The molecule has 2 aromatic heterocycles. The number of amides is 2. The van der Waals surface area contributed by atoms with Crippen LogP contribution in [0.2, 0.25) is 5.02 Å². The van der Waals surface area contributed by atoms with E-state index in [9.17, 15) is 9.59 Å². The molecule has 2 N–H and O–H groups in total. The summed E-state index contributed by atoms with van der Waals surface area (Å²) in [5.41, 5.74) is 1.07. The van der Waals surface area contributed by atoms with Crippen LogP contribution >= 0.6 is 34.3 Å². The van der Waals surface area contributed by atoms with Crippen molar-refractivity contribution in [3.63, 3.8) is 0 Å². The number of aromatic nitrogens is 2. The molecule has 0 aliphatic carbocycles. The largest absolute Gasteiger partial charge is 0.302 e. The molecule has 2 amide bonds. The summed E-state index contributed by atoms with van der Waals surface area (Å²) in [7, 11) is 0. The molecule has 3 rings (SSSR count). The van der Waals surface area contributed by atoms with Gasteiger partial charge >= 0.3 is 0 Å². The van der Waals surface area contributed by atoms with Crippen LogP contribution in [-0.2, 0) is 11.2 Å². The maximum absolute atomic E-state index is 12.1. The predicted molar refractivity (Wildman–Crippen MR) is 96.0 cm³/mol. The third-order valence-corrected chi connectivity index (χ3v) is 4.65. The molecular weight excluding hydrogens is 368 g/mol. The first-order valence-corrected chi connectivity index (χ1v) is 8.94. The van der Waals surface area contributed by atoms with Crippen molar-refractivity contribution in [1.82, 2.24) is 9.97 Å². The van der Waals surface area contributed by atoms with Crippen molar-refractivity contribution in [2.75, 3.05) is 10.6 Å². The molecule has 24 heavy (non-hydrogen) atoms. The van der Waals surface area contributed by atoms with Crippen molar-refractivity contribution in [3.8, 4) is 0 Å². The summed E-state index contributed by atoms with van der Waals surface area (Å²) in [6.45, 7) is 0. The van der Waals surface area contributed by atoms with Gasteiger partial charge in [-0.15, -0.1) is 22.7 Å². The Balaban J connectivity index is 1.58. The highest BCUT2D eigenvalue weighted by molar-refractivity contribution is 7.14. The number of halogens is 1. The first kappa shape index (κ1) is 16.6. The summed E-state index contributed by atoms with van der Waals surface area (Å²) < 4.78 is 0. The molecule has 1 aromatic carbocycles. The molecule has 0 spiro atoms. The molecule has 0 aliphatic rings. The quantitative estimate of drug-likeness (QED) is 0.709. The number of hydrogen-bond donors (Lipinski definition) is 2. The molecule has 9 heteroatoms. The van der Waals surface area contributed by atoms with Gasteiger partial charge in [-0.1, -0.05) is 11.6 Å². The van der Waals surface area contributed by atoms with Crippen LogP contribution in [0, 0.1) is 0 Å². The van der Waals surface area contributed by atoms with Gasteiger partial charge in [-0.05, 0) is 24.3 Å². The Bertz CT molecular complexity index is 847. The number of anilines is 2. The minimum absolute atomic E-state index is 0.118. The zero-order chi connectivity index (χ0) is 16.9. The van der Waals surface area contributed by atoms with Crippen LogP contribution < -0.4 is 10.6 Å². The van der Waals surface area contributed by atoms with Crippen LogP contribution in [0.25, 0.3) is 0 Å². The second-order valence-electron chi connectivity index (χ2n) is 4.67. The first-order valence-electron chi connectivity index (χ1n) is 6.81. The van der Waals surface area contributed by atoms with Crippen molar-refractivity contribution in [2.45, 2.75) is 6.42 Å². The summed E-state index contributed by atoms with van der Waals surface area (Å²) in [4.78, 5) is 32.2. The van der Waals surface area contributed by atoms with E-state index in [1.54, 1.807) is 41.2 Å². The van der Waals surface area contributed by atoms with E-state index in [2.05, 4.69) is 20.6 Å². The summed E-state index contributed by atoms with van der Waals surface area (Å²) in [5.74, 6) is -0.481. The normalized spacial score (nSPS) is 10.4. The highest BCUT2D eigenvalue weighted by Gasteiger charge is 2.12. The zero-order valence-corrected chi connectivity index (χ0v) is 14.5. The van der Waals surface area contributed by atoms with E-state index in [0.717, 1.165) is 0 Å². The Morgan fingerprint density at radius 2 is 1.88 bits per heavy atom. The second-order valence-corrected chi connectivity index (χ2v) is 6.86. The van der Waals surface area contributed by atoms with Crippen molar-refractivity contribution < 1.29 is 9.59 Å². The topological polar surface area (TPSA) is 84.0 Å². The van der Waals surface area contributed by atoms with Crippen molar-refractivity contribution in [2.24, 2.45) is 0 Å². The molecule has 0 radical (unpaired) electrons. The molecule has 0 fully saturated rings.